The van der Waals surface area contributed by atoms with Crippen molar-refractivity contribution in [1.29, 1.82) is 0 Å². The molecule has 0 spiro atoms. The molecular formula is C15H24IN3O2. The second-order valence-corrected chi connectivity index (χ2v) is 5.19. The van der Waals surface area contributed by atoms with Gasteiger partial charge in [-0.15, -0.1) is 24.0 Å². The zero-order valence-electron chi connectivity index (χ0n) is 12.3. The number of benzene rings is 1. The molecule has 4 N–H and O–H groups in total. The molecule has 0 aromatic heterocycles. The third-order valence-corrected chi connectivity index (χ3v) is 3.73. The summed E-state index contributed by atoms with van der Waals surface area (Å²) in [6, 6.07) is 7.30. The molecule has 5 nitrogen and oxygen atoms in total. The van der Waals surface area contributed by atoms with Crippen LogP contribution in [-0.4, -0.2) is 31.3 Å². The van der Waals surface area contributed by atoms with Gasteiger partial charge in [0.2, 0.25) is 0 Å². The molecule has 0 radical (unpaired) electrons. The molecule has 0 amide bonds. The molecule has 0 heterocycles. The molecule has 1 aliphatic carbocycles. The summed E-state index contributed by atoms with van der Waals surface area (Å²) in [7, 11) is 1.62. The number of aliphatic hydroxyl groups is 1. The van der Waals surface area contributed by atoms with Gasteiger partial charge in [0.15, 0.2) is 5.96 Å². The fourth-order valence-corrected chi connectivity index (χ4v) is 2.12. The molecule has 21 heavy (non-hydrogen) atoms. The maximum atomic E-state index is 10.0. The number of hydrogen-bond acceptors (Lipinski definition) is 3. The molecule has 1 unspecified atom stereocenters. The van der Waals surface area contributed by atoms with Gasteiger partial charge in [0, 0.05) is 6.54 Å². The predicted molar refractivity (Wildman–Crippen MR) is 95.2 cm³/mol. The van der Waals surface area contributed by atoms with Crippen molar-refractivity contribution in [1.82, 2.24) is 5.32 Å². The summed E-state index contributed by atoms with van der Waals surface area (Å²) in [6.07, 6.45) is 3.22. The first kappa shape index (κ1) is 18.0. The van der Waals surface area contributed by atoms with Crippen LogP contribution in [0.15, 0.2) is 29.3 Å². The van der Waals surface area contributed by atoms with Crippen molar-refractivity contribution in [2.45, 2.75) is 25.4 Å². The average molecular weight is 405 g/mol. The van der Waals surface area contributed by atoms with E-state index in [2.05, 4.69) is 10.3 Å². The van der Waals surface area contributed by atoms with Crippen LogP contribution < -0.4 is 15.8 Å². The van der Waals surface area contributed by atoms with Crippen molar-refractivity contribution in [3.8, 4) is 5.75 Å². The van der Waals surface area contributed by atoms with Crippen molar-refractivity contribution < 1.29 is 9.84 Å². The summed E-state index contributed by atoms with van der Waals surface area (Å²) in [6.45, 7) is 1.14. The van der Waals surface area contributed by atoms with E-state index in [1.807, 2.05) is 24.3 Å². The Labute approximate surface area is 143 Å². The van der Waals surface area contributed by atoms with Crippen molar-refractivity contribution in [3.63, 3.8) is 0 Å². The van der Waals surface area contributed by atoms with Gasteiger partial charge in [0.05, 0.1) is 19.8 Å². The van der Waals surface area contributed by atoms with Crippen LogP contribution >= 0.6 is 24.0 Å². The minimum absolute atomic E-state index is 0. The number of methoxy groups -OCH3 is 1. The number of aliphatic hydroxyl groups excluding tert-OH is 1. The summed E-state index contributed by atoms with van der Waals surface area (Å²) >= 11 is 0. The van der Waals surface area contributed by atoms with Crippen molar-refractivity contribution in [2.24, 2.45) is 16.6 Å². The minimum atomic E-state index is -0.648. The van der Waals surface area contributed by atoms with Gasteiger partial charge in [-0.1, -0.05) is 18.6 Å². The van der Waals surface area contributed by atoms with Crippen LogP contribution in [0.4, 0.5) is 0 Å². The Balaban J connectivity index is 0.00000220. The lowest BCUT2D eigenvalue weighted by Gasteiger charge is -2.25. The standard InChI is InChI=1S/C15H23N3O2.HI/c1-20-13-7-5-12(6-8-13)14(19)10-18-15(16)17-9-11-3-2-4-11;/h5-8,11,14,19H,2-4,9-10H2,1H3,(H3,16,17,18);1H. The molecule has 0 saturated heterocycles. The molecule has 2 rings (SSSR count). The van der Waals surface area contributed by atoms with Gasteiger partial charge in [0.25, 0.3) is 0 Å². The lowest BCUT2D eigenvalue weighted by atomic mass is 9.85. The van der Waals surface area contributed by atoms with Crippen LogP contribution in [0.25, 0.3) is 0 Å². The number of nitrogens with one attached hydrogen (secondary N) is 1. The normalized spacial score (nSPS) is 16.6. The van der Waals surface area contributed by atoms with E-state index in [-0.39, 0.29) is 30.5 Å². The number of nitrogens with zero attached hydrogens (tertiary/aromatic N) is 1. The summed E-state index contributed by atoms with van der Waals surface area (Å²) < 4.78 is 5.08. The van der Waals surface area contributed by atoms with Gasteiger partial charge in [-0.05, 0) is 36.5 Å². The molecule has 1 fully saturated rings. The van der Waals surface area contributed by atoms with Crippen molar-refractivity contribution in [2.75, 3.05) is 20.2 Å². The first-order valence-corrected chi connectivity index (χ1v) is 7.05. The average Bonchev–Trinajstić information content (AvgIpc) is 2.43. The summed E-state index contributed by atoms with van der Waals surface area (Å²) in [4.78, 5) is 4.18. The quantitative estimate of drug-likeness (QED) is 0.385. The number of nitrogens with two attached hydrogens (primary N) is 1. The summed E-state index contributed by atoms with van der Waals surface area (Å²) in [5, 5.41) is 13.1. The third kappa shape index (κ3) is 5.70. The Morgan fingerprint density at radius 2 is 2.10 bits per heavy atom. The minimum Gasteiger partial charge on any atom is -0.497 e. The Hall–Kier alpha value is -1.02. The van der Waals surface area contributed by atoms with Crippen molar-refractivity contribution >= 4 is 29.9 Å². The smallest absolute Gasteiger partial charge is 0.188 e. The van der Waals surface area contributed by atoms with E-state index < -0.39 is 6.10 Å². The Kier molecular flexibility index (Phi) is 7.81. The molecule has 1 atom stereocenters. The molecule has 6 heteroatoms. The maximum Gasteiger partial charge on any atom is 0.188 e. The Morgan fingerprint density at radius 3 is 2.62 bits per heavy atom. The highest BCUT2D eigenvalue weighted by Gasteiger charge is 2.16. The Morgan fingerprint density at radius 1 is 1.43 bits per heavy atom. The predicted octanol–water partition coefficient (Wildman–Crippen LogP) is 2.05. The third-order valence-electron chi connectivity index (χ3n) is 3.73. The van der Waals surface area contributed by atoms with E-state index in [1.165, 1.54) is 19.3 Å². The highest BCUT2D eigenvalue weighted by atomic mass is 127. The second kappa shape index (κ2) is 9.09. The molecule has 118 valence electrons. The number of hydrogen-bond donors (Lipinski definition) is 3. The van der Waals surface area contributed by atoms with E-state index in [4.69, 9.17) is 10.5 Å². The van der Waals surface area contributed by atoms with Gasteiger partial charge >= 0.3 is 0 Å². The Bertz CT molecular complexity index is 447. The number of aliphatic imine (C=N–C) groups is 1. The first-order valence-electron chi connectivity index (χ1n) is 7.05. The lowest BCUT2D eigenvalue weighted by Crippen LogP contribution is -2.37. The monoisotopic (exact) mass is 405 g/mol. The molecule has 0 aliphatic heterocycles. The van der Waals surface area contributed by atoms with Crippen LogP contribution in [0, 0.1) is 5.92 Å². The zero-order chi connectivity index (χ0) is 14.4. The maximum absolute atomic E-state index is 10.0. The van der Waals surface area contributed by atoms with Crippen molar-refractivity contribution in [3.05, 3.63) is 29.8 Å². The van der Waals surface area contributed by atoms with E-state index in [1.54, 1.807) is 7.11 Å². The SMILES string of the molecule is COc1ccc(C(O)CN=C(N)NCC2CCC2)cc1.I. The van der Waals surface area contributed by atoms with Crippen LogP contribution in [-0.2, 0) is 0 Å². The number of rotatable bonds is 6. The molecular weight excluding hydrogens is 381 g/mol. The van der Waals surface area contributed by atoms with Gasteiger partial charge in [-0.25, -0.2) is 0 Å². The highest BCUT2D eigenvalue weighted by molar-refractivity contribution is 14.0. The van der Waals surface area contributed by atoms with Crippen LogP contribution in [0.3, 0.4) is 0 Å². The van der Waals surface area contributed by atoms with E-state index in [0.717, 1.165) is 23.8 Å². The topological polar surface area (TPSA) is 79.9 Å². The van der Waals surface area contributed by atoms with E-state index in [0.29, 0.717) is 5.96 Å². The van der Waals surface area contributed by atoms with E-state index >= 15 is 0 Å². The van der Waals surface area contributed by atoms with Gasteiger partial charge in [-0.2, -0.15) is 0 Å². The van der Waals surface area contributed by atoms with Crippen LogP contribution in [0.2, 0.25) is 0 Å². The molecule has 1 aliphatic rings. The fourth-order valence-electron chi connectivity index (χ4n) is 2.12. The molecule has 1 aromatic rings. The first-order chi connectivity index (χ1) is 9.69. The van der Waals surface area contributed by atoms with E-state index in [9.17, 15) is 5.11 Å². The molecule has 1 aromatic carbocycles. The lowest BCUT2D eigenvalue weighted by molar-refractivity contribution is 0.187. The van der Waals surface area contributed by atoms with Gasteiger partial charge in [0.1, 0.15) is 5.75 Å². The zero-order valence-corrected chi connectivity index (χ0v) is 14.6. The number of halogens is 1. The number of guanidine groups is 1. The second-order valence-electron chi connectivity index (χ2n) is 5.19. The number of ether oxygens (including phenoxy) is 1. The van der Waals surface area contributed by atoms with Crippen LogP contribution in [0.5, 0.6) is 5.75 Å². The summed E-state index contributed by atoms with van der Waals surface area (Å²) in [5.41, 5.74) is 6.59. The highest BCUT2D eigenvalue weighted by Crippen LogP contribution is 2.25. The van der Waals surface area contributed by atoms with Crippen LogP contribution in [0.1, 0.15) is 30.9 Å². The molecule has 1 saturated carbocycles. The fraction of sp³-hybridized carbons (Fsp3) is 0.533. The summed E-state index contributed by atoms with van der Waals surface area (Å²) in [5.74, 6) is 1.91. The van der Waals surface area contributed by atoms with Gasteiger partial charge in [-0.3, -0.25) is 4.99 Å². The largest absolute Gasteiger partial charge is 0.497 e. The molecule has 0 bridgehead atoms. The van der Waals surface area contributed by atoms with Gasteiger partial charge < -0.3 is 20.9 Å².